The van der Waals surface area contributed by atoms with Gasteiger partial charge in [-0.25, -0.2) is 24.8 Å². The summed E-state index contributed by atoms with van der Waals surface area (Å²) in [6.45, 7) is 5.24. The summed E-state index contributed by atoms with van der Waals surface area (Å²) in [5.74, 6) is 0.604. The number of nitrogens with zero attached hydrogens (tertiary/aromatic N) is 5. The number of aromatic nitrogens is 2. The normalized spacial score (nSPS) is 15.2. The zero-order valence-electron chi connectivity index (χ0n) is 21.6. The van der Waals surface area contributed by atoms with Crippen molar-refractivity contribution in [3.63, 3.8) is 0 Å². The van der Waals surface area contributed by atoms with Gasteiger partial charge in [0.05, 0.1) is 32.1 Å². The van der Waals surface area contributed by atoms with E-state index in [2.05, 4.69) is 20.3 Å². The van der Waals surface area contributed by atoms with E-state index in [1.54, 1.807) is 23.4 Å². The molecule has 1 aromatic carbocycles. The van der Waals surface area contributed by atoms with Gasteiger partial charge in [-0.05, 0) is 24.1 Å². The fraction of sp³-hybridized carbons (Fsp3) is 0.423. The van der Waals surface area contributed by atoms with Crippen LogP contribution in [0.15, 0.2) is 41.2 Å². The Kier molecular flexibility index (Phi) is 9.35. The van der Waals surface area contributed by atoms with Crippen molar-refractivity contribution in [2.45, 2.75) is 26.3 Å². The number of urea groups is 1. The summed E-state index contributed by atoms with van der Waals surface area (Å²) >= 11 is 0. The lowest BCUT2D eigenvalue weighted by Crippen LogP contribution is -2.47. The first-order valence-corrected chi connectivity index (χ1v) is 12.7. The largest absolute Gasteiger partial charge is 0.387 e. The summed E-state index contributed by atoms with van der Waals surface area (Å²) in [4.78, 5) is 46.2. The van der Waals surface area contributed by atoms with Crippen molar-refractivity contribution >= 4 is 29.5 Å². The minimum absolute atomic E-state index is 0.156. The second-order valence-electron chi connectivity index (χ2n) is 8.89. The Hall–Kier alpha value is -3.87. The van der Waals surface area contributed by atoms with Crippen LogP contribution in [-0.2, 0) is 20.9 Å². The molecule has 12 nitrogen and oxygen atoms in total. The molecule has 1 aromatic heterocycles. The maximum Gasteiger partial charge on any atom is 0.317 e. The molecule has 0 saturated carbocycles. The van der Waals surface area contributed by atoms with Crippen LogP contribution in [-0.4, -0.2) is 83.7 Å². The van der Waals surface area contributed by atoms with Crippen molar-refractivity contribution in [2.75, 3.05) is 46.0 Å². The van der Waals surface area contributed by atoms with Crippen LogP contribution in [0.3, 0.4) is 0 Å². The Balaban J connectivity index is 1.43. The number of carbonyl (C=O) groups is 2. The van der Waals surface area contributed by atoms with Crippen molar-refractivity contribution < 1.29 is 19.2 Å². The zero-order valence-corrected chi connectivity index (χ0v) is 21.6. The molecule has 1 fully saturated rings. The number of nitrogens with two attached hydrogens (primary N) is 2. The standard InChI is InChI=1S/C26H34N8O4/c1-2-6-34(38-9-5-29-26(36)33-7-10-37-11-8-33)25(35)20-12-19-4-3-18(13-22(19)32-23(28)14-20)21-16-30-24(15-27)31-17-21/h3-4,12-13,16-17H,2,5-11,14-15,27H2,1H3,(H2,28,32)(H,29,36). The van der Waals surface area contributed by atoms with Crippen LogP contribution in [0.1, 0.15) is 31.2 Å². The highest BCUT2D eigenvalue weighted by Gasteiger charge is 2.23. The van der Waals surface area contributed by atoms with Gasteiger partial charge in [-0.3, -0.25) is 9.63 Å². The van der Waals surface area contributed by atoms with E-state index in [-0.39, 0.29) is 38.1 Å². The number of amides is 3. The fourth-order valence-corrected chi connectivity index (χ4v) is 4.10. The van der Waals surface area contributed by atoms with E-state index in [0.29, 0.717) is 62.2 Å². The van der Waals surface area contributed by atoms with Crippen LogP contribution in [0, 0.1) is 0 Å². The Morgan fingerprint density at radius 1 is 1.18 bits per heavy atom. The summed E-state index contributed by atoms with van der Waals surface area (Å²) in [6.07, 6.45) is 6.12. The number of hydroxylamine groups is 2. The molecule has 202 valence electrons. The quantitative estimate of drug-likeness (QED) is 0.330. The van der Waals surface area contributed by atoms with Gasteiger partial charge in [-0.2, -0.15) is 0 Å². The number of hydrogen-bond donors (Lipinski definition) is 3. The Bertz CT molecular complexity index is 1190. The van der Waals surface area contributed by atoms with Crippen molar-refractivity contribution in [2.24, 2.45) is 16.5 Å². The van der Waals surface area contributed by atoms with E-state index in [1.165, 1.54) is 5.06 Å². The van der Waals surface area contributed by atoms with Gasteiger partial charge in [0.1, 0.15) is 11.7 Å². The number of fused-ring (bicyclic) bond motifs is 1. The van der Waals surface area contributed by atoms with Gasteiger partial charge < -0.3 is 26.4 Å². The average molecular weight is 523 g/mol. The molecule has 3 heterocycles. The number of hydrogen-bond acceptors (Lipinski definition) is 9. The van der Waals surface area contributed by atoms with Gasteiger partial charge in [-0.15, -0.1) is 0 Å². The third-order valence-corrected chi connectivity index (χ3v) is 6.07. The molecule has 0 atom stereocenters. The Labute approximate surface area is 221 Å². The molecule has 3 amide bonds. The highest BCUT2D eigenvalue weighted by molar-refractivity contribution is 6.05. The lowest BCUT2D eigenvalue weighted by atomic mass is 10.0. The number of carbonyl (C=O) groups excluding carboxylic acids is 2. The predicted octanol–water partition coefficient (Wildman–Crippen LogP) is 1.59. The van der Waals surface area contributed by atoms with Gasteiger partial charge in [0, 0.05) is 61.7 Å². The number of ether oxygens (including phenoxy) is 1. The Morgan fingerprint density at radius 2 is 1.95 bits per heavy atom. The highest BCUT2D eigenvalue weighted by Crippen LogP contribution is 2.31. The van der Waals surface area contributed by atoms with Gasteiger partial charge in [0.15, 0.2) is 0 Å². The molecule has 0 aliphatic carbocycles. The van der Waals surface area contributed by atoms with E-state index in [0.717, 1.165) is 16.7 Å². The second-order valence-corrected chi connectivity index (χ2v) is 8.89. The van der Waals surface area contributed by atoms with E-state index in [4.69, 9.17) is 21.0 Å². The van der Waals surface area contributed by atoms with Crippen LogP contribution in [0.5, 0.6) is 0 Å². The molecule has 0 unspecified atom stereocenters. The number of amidine groups is 1. The number of aliphatic imine (C=N–C) groups is 1. The summed E-state index contributed by atoms with van der Waals surface area (Å²) < 4.78 is 5.27. The summed E-state index contributed by atoms with van der Waals surface area (Å²) in [5, 5.41) is 4.15. The molecule has 38 heavy (non-hydrogen) atoms. The van der Waals surface area contributed by atoms with Crippen LogP contribution in [0.4, 0.5) is 10.5 Å². The summed E-state index contributed by atoms with van der Waals surface area (Å²) in [5.41, 5.74) is 15.4. The van der Waals surface area contributed by atoms with E-state index < -0.39 is 0 Å². The van der Waals surface area contributed by atoms with E-state index in [1.807, 2.05) is 25.1 Å². The lowest BCUT2D eigenvalue weighted by Gasteiger charge is -2.27. The third-order valence-electron chi connectivity index (χ3n) is 6.07. The summed E-state index contributed by atoms with van der Waals surface area (Å²) in [6, 6.07) is 5.54. The van der Waals surface area contributed by atoms with Gasteiger partial charge >= 0.3 is 6.03 Å². The van der Waals surface area contributed by atoms with Crippen molar-refractivity contribution in [3.8, 4) is 11.1 Å². The summed E-state index contributed by atoms with van der Waals surface area (Å²) in [7, 11) is 0. The molecule has 2 aliphatic heterocycles. The smallest absolute Gasteiger partial charge is 0.317 e. The van der Waals surface area contributed by atoms with Gasteiger partial charge in [0.25, 0.3) is 5.91 Å². The lowest BCUT2D eigenvalue weighted by molar-refractivity contribution is -0.181. The monoisotopic (exact) mass is 522 g/mol. The number of rotatable bonds is 9. The molecule has 12 heteroatoms. The molecule has 2 aliphatic rings. The zero-order chi connectivity index (χ0) is 26.9. The molecule has 0 radical (unpaired) electrons. The first-order chi connectivity index (χ1) is 18.5. The van der Waals surface area contributed by atoms with E-state index in [9.17, 15) is 9.59 Å². The molecule has 0 bridgehead atoms. The first kappa shape index (κ1) is 27.2. The van der Waals surface area contributed by atoms with Gasteiger partial charge in [-0.1, -0.05) is 19.1 Å². The van der Waals surface area contributed by atoms with Crippen molar-refractivity contribution in [1.82, 2.24) is 25.2 Å². The number of nitrogens with one attached hydrogen (secondary N) is 1. The molecular formula is C26H34N8O4. The fourth-order valence-electron chi connectivity index (χ4n) is 4.10. The first-order valence-electron chi connectivity index (χ1n) is 12.7. The molecule has 4 rings (SSSR count). The maximum atomic E-state index is 13.4. The minimum Gasteiger partial charge on any atom is -0.387 e. The molecule has 0 spiro atoms. The average Bonchev–Trinajstić information content (AvgIpc) is 3.12. The van der Waals surface area contributed by atoms with Crippen LogP contribution >= 0.6 is 0 Å². The van der Waals surface area contributed by atoms with Crippen LogP contribution in [0.2, 0.25) is 0 Å². The molecule has 2 aromatic rings. The Morgan fingerprint density at radius 3 is 2.66 bits per heavy atom. The molecule has 5 N–H and O–H groups in total. The topological polar surface area (TPSA) is 161 Å². The molecular weight excluding hydrogens is 488 g/mol. The predicted molar refractivity (Wildman–Crippen MR) is 143 cm³/mol. The van der Waals surface area contributed by atoms with E-state index >= 15 is 0 Å². The number of morpholine rings is 1. The third kappa shape index (κ3) is 6.91. The molecule has 1 saturated heterocycles. The number of benzene rings is 1. The maximum absolute atomic E-state index is 13.4. The van der Waals surface area contributed by atoms with Crippen molar-refractivity contribution in [1.29, 1.82) is 0 Å². The van der Waals surface area contributed by atoms with Crippen LogP contribution in [0.25, 0.3) is 17.2 Å². The highest BCUT2D eigenvalue weighted by atomic mass is 16.7. The van der Waals surface area contributed by atoms with Crippen LogP contribution < -0.4 is 16.8 Å². The SMILES string of the molecule is CCCN(OCCNC(=O)N1CCOCC1)C(=O)C1=Cc2ccc(-c3cnc(CN)nc3)cc2N=C(N)C1. The minimum atomic E-state index is -0.285. The van der Waals surface area contributed by atoms with Gasteiger partial charge in [0.2, 0.25) is 0 Å². The van der Waals surface area contributed by atoms with Crippen molar-refractivity contribution in [3.05, 3.63) is 47.6 Å². The second kappa shape index (κ2) is 13.1.